The molecule has 1 aromatic carbocycles. The molecule has 98 valence electrons. The molecule has 1 atom stereocenters. The Labute approximate surface area is 122 Å². The van der Waals surface area contributed by atoms with Gasteiger partial charge >= 0.3 is 0 Å². The molecule has 0 radical (unpaired) electrons. The highest BCUT2D eigenvalue weighted by atomic mass is 79.9. The van der Waals surface area contributed by atoms with Crippen LogP contribution in [-0.4, -0.2) is 11.0 Å². The van der Waals surface area contributed by atoms with Crippen LogP contribution in [-0.2, 0) is 6.42 Å². The number of hydrogen-bond donors (Lipinski definition) is 0. The van der Waals surface area contributed by atoms with Crippen molar-refractivity contribution in [2.24, 2.45) is 0 Å². The zero-order valence-electron chi connectivity index (χ0n) is 11.2. The number of anilines is 2. The second-order valence-electron chi connectivity index (χ2n) is 5.18. The average molecular weight is 317 g/mol. The molecule has 0 saturated carbocycles. The zero-order valence-corrected chi connectivity index (χ0v) is 12.8. The van der Waals surface area contributed by atoms with Gasteiger partial charge in [0, 0.05) is 22.4 Å². The minimum absolute atomic E-state index is 0.489. The summed E-state index contributed by atoms with van der Waals surface area (Å²) in [6.07, 6.45) is 4.23. The van der Waals surface area contributed by atoms with Gasteiger partial charge in [-0.1, -0.05) is 18.2 Å². The molecule has 2 aromatic rings. The third-order valence-electron chi connectivity index (χ3n) is 3.80. The van der Waals surface area contributed by atoms with Gasteiger partial charge < -0.3 is 4.90 Å². The molecule has 2 nitrogen and oxygen atoms in total. The van der Waals surface area contributed by atoms with Gasteiger partial charge in [-0.25, -0.2) is 4.98 Å². The maximum Gasteiger partial charge on any atom is 0.133 e. The van der Waals surface area contributed by atoms with Crippen molar-refractivity contribution >= 4 is 27.4 Å². The average Bonchev–Trinajstić information content (AvgIpc) is 2.42. The van der Waals surface area contributed by atoms with Gasteiger partial charge in [0.25, 0.3) is 0 Å². The Morgan fingerprint density at radius 2 is 2.11 bits per heavy atom. The summed E-state index contributed by atoms with van der Waals surface area (Å²) in [4.78, 5) is 6.95. The summed E-state index contributed by atoms with van der Waals surface area (Å²) in [7, 11) is 0. The molecule has 0 bridgehead atoms. The number of aryl methyl sites for hydroxylation is 2. The summed E-state index contributed by atoms with van der Waals surface area (Å²) in [6, 6.07) is 11.3. The fraction of sp³-hybridized carbons (Fsp3) is 0.312. The number of para-hydroxylation sites is 1. The molecule has 0 saturated heterocycles. The van der Waals surface area contributed by atoms with E-state index in [1.807, 2.05) is 6.20 Å². The maximum absolute atomic E-state index is 4.59. The van der Waals surface area contributed by atoms with Gasteiger partial charge in [-0.3, -0.25) is 0 Å². The molecule has 1 aliphatic rings. The highest BCUT2D eigenvalue weighted by Gasteiger charge is 2.24. The second-order valence-corrected chi connectivity index (χ2v) is 6.03. The normalized spacial score (nSPS) is 18.3. The van der Waals surface area contributed by atoms with Crippen LogP contribution in [0.4, 0.5) is 11.5 Å². The SMILES string of the molecule is Cc1cc(N2c3ccccc3CCC2C)ncc1Br. The van der Waals surface area contributed by atoms with Crippen LogP contribution in [0.1, 0.15) is 24.5 Å². The fourth-order valence-corrected chi connectivity index (χ4v) is 2.91. The largest absolute Gasteiger partial charge is 0.323 e. The van der Waals surface area contributed by atoms with E-state index in [2.05, 4.69) is 70.0 Å². The summed E-state index contributed by atoms with van der Waals surface area (Å²) in [6.45, 7) is 4.38. The molecular weight excluding hydrogens is 300 g/mol. The summed E-state index contributed by atoms with van der Waals surface area (Å²) in [5.74, 6) is 1.04. The minimum atomic E-state index is 0.489. The molecule has 0 amide bonds. The van der Waals surface area contributed by atoms with Crippen LogP contribution in [0.3, 0.4) is 0 Å². The quantitative estimate of drug-likeness (QED) is 0.762. The molecule has 19 heavy (non-hydrogen) atoms. The number of fused-ring (bicyclic) bond motifs is 1. The number of nitrogens with zero attached hydrogens (tertiary/aromatic N) is 2. The molecule has 1 aliphatic heterocycles. The minimum Gasteiger partial charge on any atom is -0.323 e. The monoisotopic (exact) mass is 316 g/mol. The number of pyridine rings is 1. The van der Waals surface area contributed by atoms with E-state index in [-0.39, 0.29) is 0 Å². The van der Waals surface area contributed by atoms with Crippen molar-refractivity contribution in [2.75, 3.05) is 4.90 Å². The van der Waals surface area contributed by atoms with Gasteiger partial charge in [0.05, 0.1) is 0 Å². The van der Waals surface area contributed by atoms with Crippen molar-refractivity contribution in [1.82, 2.24) is 4.98 Å². The van der Waals surface area contributed by atoms with Crippen LogP contribution in [0.15, 0.2) is 41.0 Å². The van der Waals surface area contributed by atoms with Crippen LogP contribution < -0.4 is 4.90 Å². The highest BCUT2D eigenvalue weighted by molar-refractivity contribution is 9.10. The first-order valence-corrected chi connectivity index (χ1v) is 7.45. The zero-order chi connectivity index (χ0) is 13.4. The third-order valence-corrected chi connectivity index (χ3v) is 4.63. The van der Waals surface area contributed by atoms with E-state index in [1.54, 1.807) is 0 Å². The van der Waals surface area contributed by atoms with Crippen molar-refractivity contribution in [2.45, 2.75) is 32.7 Å². The predicted molar refractivity (Wildman–Crippen MR) is 83.0 cm³/mol. The fourth-order valence-electron chi connectivity index (χ4n) is 2.69. The molecule has 0 aliphatic carbocycles. The van der Waals surface area contributed by atoms with Crippen LogP contribution >= 0.6 is 15.9 Å². The standard InChI is InChI=1S/C16H17BrN2/c1-11-9-16(18-10-14(11)17)19-12(2)7-8-13-5-3-4-6-15(13)19/h3-6,9-10,12H,7-8H2,1-2H3. The van der Waals surface area contributed by atoms with Crippen LogP contribution in [0.2, 0.25) is 0 Å². The lowest BCUT2D eigenvalue weighted by atomic mass is 9.96. The molecular formula is C16H17BrN2. The Balaban J connectivity index is 2.10. The molecule has 0 fully saturated rings. The summed E-state index contributed by atoms with van der Waals surface area (Å²) in [5.41, 5.74) is 3.94. The van der Waals surface area contributed by atoms with Gasteiger partial charge in [0.2, 0.25) is 0 Å². The van der Waals surface area contributed by atoms with Gasteiger partial charge in [0.15, 0.2) is 0 Å². The Hall–Kier alpha value is -1.35. The number of aromatic nitrogens is 1. The van der Waals surface area contributed by atoms with Crippen molar-refractivity contribution in [3.05, 3.63) is 52.1 Å². The van der Waals surface area contributed by atoms with Crippen LogP contribution in [0.25, 0.3) is 0 Å². The Kier molecular flexibility index (Phi) is 3.31. The third kappa shape index (κ3) is 2.27. The first-order valence-electron chi connectivity index (χ1n) is 6.66. The molecule has 3 rings (SSSR count). The first kappa shape index (κ1) is 12.7. The molecule has 0 spiro atoms. The molecule has 0 N–H and O–H groups in total. The molecule has 2 heterocycles. The van der Waals surface area contributed by atoms with E-state index in [9.17, 15) is 0 Å². The number of rotatable bonds is 1. The van der Waals surface area contributed by atoms with Crippen molar-refractivity contribution < 1.29 is 0 Å². The van der Waals surface area contributed by atoms with Crippen molar-refractivity contribution in [3.63, 3.8) is 0 Å². The van der Waals surface area contributed by atoms with E-state index < -0.39 is 0 Å². The Bertz CT molecular complexity index is 609. The summed E-state index contributed by atoms with van der Waals surface area (Å²) in [5, 5.41) is 0. The van der Waals surface area contributed by atoms with Crippen LogP contribution in [0.5, 0.6) is 0 Å². The Morgan fingerprint density at radius 3 is 2.89 bits per heavy atom. The van der Waals surface area contributed by atoms with Crippen molar-refractivity contribution in [1.29, 1.82) is 0 Å². The number of benzene rings is 1. The molecule has 3 heteroatoms. The van der Waals surface area contributed by atoms with E-state index in [0.29, 0.717) is 6.04 Å². The molecule has 1 aromatic heterocycles. The van der Waals surface area contributed by atoms with Crippen LogP contribution in [0, 0.1) is 6.92 Å². The molecule has 1 unspecified atom stereocenters. The number of halogens is 1. The second kappa shape index (κ2) is 4.97. The smallest absolute Gasteiger partial charge is 0.133 e. The van der Waals surface area contributed by atoms with Crippen molar-refractivity contribution in [3.8, 4) is 0 Å². The summed E-state index contributed by atoms with van der Waals surface area (Å²) < 4.78 is 1.06. The first-order chi connectivity index (χ1) is 9.16. The Morgan fingerprint density at radius 1 is 1.32 bits per heavy atom. The van der Waals surface area contributed by atoms with Gasteiger partial charge in [-0.2, -0.15) is 0 Å². The lowest BCUT2D eigenvalue weighted by Crippen LogP contribution is -2.33. The summed E-state index contributed by atoms with van der Waals surface area (Å²) >= 11 is 3.52. The van der Waals surface area contributed by atoms with Gasteiger partial charge in [-0.05, 0) is 65.9 Å². The maximum atomic E-state index is 4.59. The highest BCUT2D eigenvalue weighted by Crippen LogP contribution is 2.36. The topological polar surface area (TPSA) is 16.1 Å². The van der Waals surface area contributed by atoms with E-state index >= 15 is 0 Å². The number of hydrogen-bond acceptors (Lipinski definition) is 2. The van der Waals surface area contributed by atoms with E-state index in [1.165, 1.54) is 23.2 Å². The lowest BCUT2D eigenvalue weighted by Gasteiger charge is -2.36. The predicted octanol–water partition coefficient (Wildman–Crippen LogP) is 4.63. The van der Waals surface area contributed by atoms with E-state index in [0.717, 1.165) is 16.7 Å². The van der Waals surface area contributed by atoms with E-state index in [4.69, 9.17) is 0 Å². The van der Waals surface area contributed by atoms with Gasteiger partial charge in [-0.15, -0.1) is 0 Å². The van der Waals surface area contributed by atoms with Gasteiger partial charge in [0.1, 0.15) is 5.82 Å². The lowest BCUT2D eigenvalue weighted by molar-refractivity contribution is 0.613.